The molecule has 1 unspecified atom stereocenters. The van der Waals surface area contributed by atoms with Gasteiger partial charge in [0, 0.05) is 12.1 Å². The highest BCUT2D eigenvalue weighted by molar-refractivity contribution is 4.85. The van der Waals surface area contributed by atoms with Crippen LogP contribution in [0, 0.1) is 5.92 Å². The minimum absolute atomic E-state index is 0.0551. The Morgan fingerprint density at radius 2 is 1.90 bits per heavy atom. The first-order chi connectivity index (χ1) is 9.65. The van der Waals surface area contributed by atoms with Crippen LogP contribution in [-0.2, 0) is 0 Å². The largest absolute Gasteiger partial charge is 0.394 e. The van der Waals surface area contributed by atoms with Gasteiger partial charge in [0.05, 0.1) is 6.61 Å². The SMILES string of the molecule is CCNC(CC)(CO)CCCN(C)CC1CCCCC1. The van der Waals surface area contributed by atoms with Crippen molar-refractivity contribution in [1.82, 2.24) is 10.2 Å². The highest BCUT2D eigenvalue weighted by atomic mass is 16.3. The van der Waals surface area contributed by atoms with Crippen molar-refractivity contribution in [2.24, 2.45) is 5.92 Å². The van der Waals surface area contributed by atoms with Gasteiger partial charge in [-0.2, -0.15) is 0 Å². The summed E-state index contributed by atoms with van der Waals surface area (Å²) >= 11 is 0. The second kappa shape index (κ2) is 9.75. The third-order valence-corrected chi connectivity index (χ3v) is 5.02. The molecule has 0 amide bonds. The molecule has 0 aromatic rings. The van der Waals surface area contributed by atoms with Gasteiger partial charge in [0.2, 0.25) is 0 Å². The Hall–Kier alpha value is -0.120. The first kappa shape index (κ1) is 17.9. The average Bonchev–Trinajstić information content (AvgIpc) is 2.47. The van der Waals surface area contributed by atoms with E-state index in [1.165, 1.54) is 45.1 Å². The zero-order valence-corrected chi connectivity index (χ0v) is 14.0. The topological polar surface area (TPSA) is 35.5 Å². The Morgan fingerprint density at radius 3 is 2.45 bits per heavy atom. The van der Waals surface area contributed by atoms with E-state index in [0.29, 0.717) is 0 Å². The van der Waals surface area contributed by atoms with Crippen LogP contribution in [-0.4, -0.2) is 48.8 Å². The molecular formula is C17H36N2O. The molecule has 20 heavy (non-hydrogen) atoms. The maximum atomic E-state index is 9.66. The molecule has 0 spiro atoms. The second-order valence-corrected chi connectivity index (χ2v) is 6.69. The third-order valence-electron chi connectivity index (χ3n) is 5.02. The molecule has 1 aliphatic rings. The van der Waals surface area contributed by atoms with Gasteiger partial charge >= 0.3 is 0 Å². The first-order valence-electron chi connectivity index (χ1n) is 8.70. The molecule has 1 rings (SSSR count). The monoisotopic (exact) mass is 284 g/mol. The van der Waals surface area contributed by atoms with Gasteiger partial charge in [-0.3, -0.25) is 0 Å². The molecule has 0 aliphatic heterocycles. The molecule has 1 saturated carbocycles. The zero-order chi connectivity index (χ0) is 14.8. The molecule has 3 heteroatoms. The van der Waals surface area contributed by atoms with Crippen molar-refractivity contribution in [2.45, 2.75) is 70.8 Å². The summed E-state index contributed by atoms with van der Waals surface area (Å²) in [7, 11) is 2.26. The second-order valence-electron chi connectivity index (χ2n) is 6.69. The predicted octanol–water partition coefficient (Wildman–Crippen LogP) is 3.03. The number of hydrogen-bond donors (Lipinski definition) is 2. The van der Waals surface area contributed by atoms with Crippen LogP contribution < -0.4 is 5.32 Å². The van der Waals surface area contributed by atoms with Crippen molar-refractivity contribution in [3.05, 3.63) is 0 Å². The van der Waals surface area contributed by atoms with Crippen LogP contribution in [0.4, 0.5) is 0 Å². The van der Waals surface area contributed by atoms with E-state index in [1.54, 1.807) is 0 Å². The van der Waals surface area contributed by atoms with E-state index in [4.69, 9.17) is 0 Å². The summed E-state index contributed by atoms with van der Waals surface area (Å²) in [6, 6.07) is 0. The molecule has 1 aliphatic carbocycles. The summed E-state index contributed by atoms with van der Waals surface area (Å²) in [5.41, 5.74) is -0.0551. The molecule has 2 N–H and O–H groups in total. The van der Waals surface area contributed by atoms with Gasteiger partial charge in [0.1, 0.15) is 0 Å². The third kappa shape index (κ3) is 6.11. The summed E-state index contributed by atoms with van der Waals surface area (Å²) in [6.07, 6.45) is 10.4. The lowest BCUT2D eigenvalue weighted by atomic mass is 9.88. The van der Waals surface area contributed by atoms with Gasteiger partial charge in [-0.05, 0) is 58.2 Å². The molecule has 0 aromatic heterocycles. The molecule has 3 nitrogen and oxygen atoms in total. The fourth-order valence-electron chi connectivity index (χ4n) is 3.60. The number of nitrogens with zero attached hydrogens (tertiary/aromatic N) is 1. The molecule has 0 heterocycles. The molecule has 0 aromatic carbocycles. The quantitative estimate of drug-likeness (QED) is 0.647. The van der Waals surface area contributed by atoms with Gasteiger partial charge in [-0.15, -0.1) is 0 Å². The number of aliphatic hydroxyl groups is 1. The van der Waals surface area contributed by atoms with Crippen LogP contribution in [0.15, 0.2) is 0 Å². The van der Waals surface area contributed by atoms with E-state index in [2.05, 4.69) is 31.1 Å². The minimum Gasteiger partial charge on any atom is -0.394 e. The van der Waals surface area contributed by atoms with Crippen LogP contribution in [0.3, 0.4) is 0 Å². The molecule has 0 bridgehead atoms. The van der Waals surface area contributed by atoms with Crippen LogP contribution in [0.5, 0.6) is 0 Å². The Kier molecular flexibility index (Phi) is 8.74. The summed E-state index contributed by atoms with van der Waals surface area (Å²) in [4.78, 5) is 2.50. The van der Waals surface area contributed by atoms with Crippen molar-refractivity contribution < 1.29 is 5.11 Å². The lowest BCUT2D eigenvalue weighted by molar-refractivity contribution is 0.139. The van der Waals surface area contributed by atoms with E-state index in [-0.39, 0.29) is 12.1 Å². The highest BCUT2D eigenvalue weighted by Crippen LogP contribution is 2.24. The number of likely N-dealkylation sites (N-methyl/N-ethyl adjacent to an activating group) is 1. The Morgan fingerprint density at radius 1 is 1.20 bits per heavy atom. The normalized spacial score (nSPS) is 20.2. The number of rotatable bonds is 10. The zero-order valence-electron chi connectivity index (χ0n) is 14.0. The summed E-state index contributed by atoms with van der Waals surface area (Å²) in [6.45, 7) is 7.90. The first-order valence-corrected chi connectivity index (χ1v) is 8.70. The van der Waals surface area contributed by atoms with Gasteiger partial charge in [0.15, 0.2) is 0 Å². The van der Waals surface area contributed by atoms with Crippen LogP contribution in [0.2, 0.25) is 0 Å². The van der Waals surface area contributed by atoms with E-state index in [1.807, 2.05) is 0 Å². The van der Waals surface area contributed by atoms with Crippen molar-refractivity contribution in [1.29, 1.82) is 0 Å². The van der Waals surface area contributed by atoms with Gasteiger partial charge < -0.3 is 15.3 Å². The summed E-state index contributed by atoms with van der Waals surface area (Å²) in [5, 5.41) is 13.1. The van der Waals surface area contributed by atoms with E-state index in [9.17, 15) is 5.11 Å². The lowest BCUT2D eigenvalue weighted by Crippen LogP contribution is -2.48. The predicted molar refractivity (Wildman–Crippen MR) is 87.1 cm³/mol. The van der Waals surface area contributed by atoms with E-state index >= 15 is 0 Å². The lowest BCUT2D eigenvalue weighted by Gasteiger charge is -2.33. The maximum absolute atomic E-state index is 9.66. The van der Waals surface area contributed by atoms with Crippen molar-refractivity contribution >= 4 is 0 Å². The maximum Gasteiger partial charge on any atom is 0.0613 e. The molecule has 0 saturated heterocycles. The van der Waals surface area contributed by atoms with Gasteiger partial charge in [-0.25, -0.2) is 0 Å². The fourth-order valence-corrected chi connectivity index (χ4v) is 3.60. The van der Waals surface area contributed by atoms with Crippen molar-refractivity contribution in [2.75, 3.05) is 33.3 Å². The minimum atomic E-state index is -0.0551. The Balaban J connectivity index is 2.23. The summed E-state index contributed by atoms with van der Waals surface area (Å²) < 4.78 is 0. The van der Waals surface area contributed by atoms with Crippen LogP contribution >= 0.6 is 0 Å². The Bertz CT molecular complexity index is 235. The highest BCUT2D eigenvalue weighted by Gasteiger charge is 2.25. The standard InChI is InChI=1S/C17H36N2O/c1-4-17(15-20,18-5-2)12-9-13-19(3)14-16-10-7-6-8-11-16/h16,18,20H,4-15H2,1-3H3. The molecule has 1 atom stereocenters. The van der Waals surface area contributed by atoms with E-state index < -0.39 is 0 Å². The Labute approximate surface area is 126 Å². The number of hydrogen-bond acceptors (Lipinski definition) is 3. The van der Waals surface area contributed by atoms with Crippen molar-refractivity contribution in [3.8, 4) is 0 Å². The van der Waals surface area contributed by atoms with Crippen molar-refractivity contribution in [3.63, 3.8) is 0 Å². The molecule has 120 valence electrons. The average molecular weight is 284 g/mol. The van der Waals surface area contributed by atoms with Crippen LogP contribution in [0.1, 0.15) is 65.2 Å². The van der Waals surface area contributed by atoms with Gasteiger partial charge in [-0.1, -0.05) is 33.1 Å². The molecule has 0 radical (unpaired) electrons. The number of nitrogens with one attached hydrogen (secondary N) is 1. The number of aliphatic hydroxyl groups excluding tert-OH is 1. The smallest absolute Gasteiger partial charge is 0.0613 e. The molecular weight excluding hydrogens is 248 g/mol. The fraction of sp³-hybridized carbons (Fsp3) is 1.00. The summed E-state index contributed by atoms with van der Waals surface area (Å²) in [5.74, 6) is 0.927. The van der Waals surface area contributed by atoms with Crippen LogP contribution in [0.25, 0.3) is 0 Å². The van der Waals surface area contributed by atoms with E-state index in [0.717, 1.165) is 31.8 Å². The van der Waals surface area contributed by atoms with Gasteiger partial charge in [0.25, 0.3) is 0 Å². The molecule has 1 fully saturated rings.